The molecule has 5 nitrogen and oxygen atoms in total. The summed E-state index contributed by atoms with van der Waals surface area (Å²) in [6.45, 7) is 3.05. The Hall–Kier alpha value is -0.560. The van der Waals surface area contributed by atoms with E-state index in [-0.39, 0.29) is 15.9 Å². The first-order chi connectivity index (χ1) is 7.49. The van der Waals surface area contributed by atoms with Crippen LogP contribution in [0.25, 0.3) is 0 Å². The number of halogens is 1. The second kappa shape index (κ2) is 6.24. The molecule has 1 heterocycles. The molecule has 1 aliphatic heterocycles. The van der Waals surface area contributed by atoms with Crippen molar-refractivity contribution in [3.63, 3.8) is 0 Å². The number of hydrogen-bond acceptors (Lipinski definition) is 4. The van der Waals surface area contributed by atoms with Crippen LogP contribution in [0.4, 0.5) is 0 Å². The lowest BCUT2D eigenvalue weighted by Crippen LogP contribution is -2.45. The van der Waals surface area contributed by atoms with Crippen molar-refractivity contribution in [3.8, 4) is 0 Å². The summed E-state index contributed by atoms with van der Waals surface area (Å²) in [6.07, 6.45) is 1.72. The van der Waals surface area contributed by atoms with Crippen LogP contribution in [0, 0.1) is 10.8 Å². The highest BCUT2D eigenvalue weighted by Gasteiger charge is 2.21. The Morgan fingerprint density at radius 2 is 2.00 bits per heavy atom. The minimum Gasteiger partial charge on any atom is -0.353 e. The first-order valence-corrected chi connectivity index (χ1v) is 6.62. The van der Waals surface area contributed by atoms with Gasteiger partial charge in [-0.05, 0) is 40.5 Å². The second-order valence-electron chi connectivity index (χ2n) is 3.64. The van der Waals surface area contributed by atoms with Crippen molar-refractivity contribution in [3.05, 3.63) is 0 Å². The molecule has 0 saturated carbocycles. The monoisotopic (exact) mass is 306 g/mol. The lowest BCUT2D eigenvalue weighted by molar-refractivity contribution is -0.119. The quantitative estimate of drug-likeness (QED) is 0.508. The van der Waals surface area contributed by atoms with Gasteiger partial charge in [-0.25, -0.2) is 0 Å². The van der Waals surface area contributed by atoms with Gasteiger partial charge in [0.2, 0.25) is 5.91 Å². The Bertz CT molecular complexity index is 302. The second-order valence-corrected chi connectivity index (χ2v) is 5.96. The largest absolute Gasteiger partial charge is 0.353 e. The van der Waals surface area contributed by atoms with E-state index in [1.165, 1.54) is 6.92 Å². The molecular weight excluding hydrogens is 292 g/mol. The summed E-state index contributed by atoms with van der Waals surface area (Å²) in [5.74, 6) is 0.00476. The Kier molecular flexibility index (Phi) is 5.27. The van der Waals surface area contributed by atoms with Gasteiger partial charge in [0.05, 0.1) is 0 Å². The number of nitrogens with one attached hydrogen (secondary N) is 3. The number of likely N-dealkylation sites (tertiary alicyclic amines) is 1. The number of piperidine rings is 1. The fourth-order valence-electron chi connectivity index (χ4n) is 1.66. The molecule has 1 rings (SSSR count). The number of nitrogens with zero attached hydrogens (tertiary/aromatic N) is 1. The highest BCUT2D eigenvalue weighted by atomic mass is 79.9. The first-order valence-electron chi connectivity index (χ1n) is 5.01. The minimum absolute atomic E-state index is 0.00476. The number of carbonyl (C=O) groups is 1. The normalized spacial score (nSPS) is 17.0. The van der Waals surface area contributed by atoms with Crippen molar-refractivity contribution >= 4 is 42.7 Å². The third-order valence-electron chi connectivity index (χ3n) is 2.38. The predicted octanol–water partition coefficient (Wildman–Crippen LogP) is 1.58. The molecule has 1 aliphatic rings. The maximum Gasteiger partial charge on any atom is 0.217 e. The van der Waals surface area contributed by atoms with Gasteiger partial charge in [0, 0.05) is 26.1 Å². The molecule has 90 valence electrons. The zero-order chi connectivity index (χ0) is 12.1. The van der Waals surface area contributed by atoms with Gasteiger partial charge >= 0.3 is 0 Å². The van der Waals surface area contributed by atoms with E-state index in [1.54, 1.807) is 0 Å². The topological polar surface area (TPSA) is 80.0 Å². The van der Waals surface area contributed by atoms with E-state index in [2.05, 4.69) is 21.2 Å². The van der Waals surface area contributed by atoms with Gasteiger partial charge in [0.1, 0.15) is 3.95 Å². The van der Waals surface area contributed by atoms with Crippen LogP contribution in [0.1, 0.15) is 19.8 Å². The Labute approximate surface area is 107 Å². The SMILES string of the molecule is CC(=O)NC1CCN(C(=N)SC(=N)Br)CC1. The number of amides is 1. The van der Waals surface area contributed by atoms with Gasteiger partial charge in [-0.15, -0.1) is 0 Å². The molecule has 0 unspecified atom stereocenters. The first kappa shape index (κ1) is 13.5. The van der Waals surface area contributed by atoms with Crippen LogP contribution >= 0.6 is 27.7 Å². The molecule has 7 heteroatoms. The Morgan fingerprint density at radius 3 is 2.44 bits per heavy atom. The molecule has 0 aromatic heterocycles. The zero-order valence-electron chi connectivity index (χ0n) is 9.05. The van der Waals surface area contributed by atoms with Crippen molar-refractivity contribution < 1.29 is 4.79 Å². The molecule has 1 fully saturated rings. The van der Waals surface area contributed by atoms with Crippen LogP contribution < -0.4 is 5.32 Å². The van der Waals surface area contributed by atoms with E-state index in [0.29, 0.717) is 5.17 Å². The van der Waals surface area contributed by atoms with E-state index in [9.17, 15) is 4.79 Å². The maximum atomic E-state index is 10.9. The zero-order valence-corrected chi connectivity index (χ0v) is 11.4. The third kappa shape index (κ3) is 4.52. The summed E-state index contributed by atoms with van der Waals surface area (Å²) in [5.41, 5.74) is 0. The van der Waals surface area contributed by atoms with E-state index >= 15 is 0 Å². The van der Waals surface area contributed by atoms with Crippen molar-refractivity contribution in [1.82, 2.24) is 10.2 Å². The van der Waals surface area contributed by atoms with Crippen LogP contribution in [0.15, 0.2) is 0 Å². The summed E-state index contributed by atoms with van der Waals surface area (Å²) in [4.78, 5) is 12.8. The fraction of sp³-hybridized carbons (Fsp3) is 0.667. The number of rotatable bonds is 1. The van der Waals surface area contributed by atoms with Gasteiger partial charge in [-0.3, -0.25) is 15.6 Å². The summed E-state index contributed by atoms with van der Waals surface area (Å²) in [7, 11) is 0. The standard InChI is InChI=1S/C9H15BrN4OS/c1-6(15)13-7-2-4-14(5-3-7)9(12)16-8(10)11/h7,11-12H,2-5H2,1H3,(H,13,15). The number of thioether (sulfide) groups is 1. The molecule has 0 radical (unpaired) electrons. The van der Waals surface area contributed by atoms with Crippen molar-refractivity contribution in [2.24, 2.45) is 0 Å². The van der Waals surface area contributed by atoms with Gasteiger partial charge < -0.3 is 10.2 Å². The third-order valence-corrected chi connectivity index (χ3v) is 3.49. The molecular formula is C9H15BrN4OS. The Balaban J connectivity index is 2.34. The number of carbonyl (C=O) groups excluding carboxylic acids is 1. The minimum atomic E-state index is 0.00476. The molecule has 0 atom stereocenters. The molecule has 16 heavy (non-hydrogen) atoms. The van der Waals surface area contributed by atoms with E-state index in [0.717, 1.165) is 37.7 Å². The average Bonchev–Trinajstić information content (AvgIpc) is 2.16. The van der Waals surface area contributed by atoms with E-state index in [4.69, 9.17) is 10.8 Å². The van der Waals surface area contributed by atoms with Crippen LogP contribution in [0.2, 0.25) is 0 Å². The van der Waals surface area contributed by atoms with E-state index < -0.39 is 0 Å². The van der Waals surface area contributed by atoms with Gasteiger partial charge in [-0.1, -0.05) is 0 Å². The van der Waals surface area contributed by atoms with Gasteiger partial charge in [0.25, 0.3) is 0 Å². The summed E-state index contributed by atoms with van der Waals surface area (Å²) >= 11 is 4.11. The van der Waals surface area contributed by atoms with Crippen molar-refractivity contribution in [2.75, 3.05) is 13.1 Å². The van der Waals surface area contributed by atoms with Gasteiger partial charge in [-0.2, -0.15) is 0 Å². The summed E-state index contributed by atoms with van der Waals surface area (Å²) in [6, 6.07) is 0.231. The molecule has 0 aromatic rings. The van der Waals surface area contributed by atoms with Crippen molar-refractivity contribution in [1.29, 1.82) is 10.8 Å². The van der Waals surface area contributed by atoms with Crippen LogP contribution in [-0.4, -0.2) is 39.1 Å². The average molecular weight is 307 g/mol. The lowest BCUT2D eigenvalue weighted by atomic mass is 10.1. The lowest BCUT2D eigenvalue weighted by Gasteiger charge is -2.33. The number of amidine groups is 1. The maximum absolute atomic E-state index is 10.9. The predicted molar refractivity (Wildman–Crippen MR) is 70.4 cm³/mol. The molecule has 0 bridgehead atoms. The van der Waals surface area contributed by atoms with Crippen LogP contribution in [0.3, 0.4) is 0 Å². The summed E-state index contributed by atoms with van der Waals surface area (Å²) in [5, 5.41) is 18.3. The highest BCUT2D eigenvalue weighted by Crippen LogP contribution is 2.17. The highest BCUT2D eigenvalue weighted by molar-refractivity contribution is 9.22. The molecule has 0 aliphatic carbocycles. The molecule has 0 spiro atoms. The Morgan fingerprint density at radius 1 is 1.44 bits per heavy atom. The fourth-order valence-corrected chi connectivity index (χ4v) is 2.61. The van der Waals surface area contributed by atoms with Crippen LogP contribution in [-0.2, 0) is 4.79 Å². The molecule has 1 saturated heterocycles. The summed E-state index contributed by atoms with van der Waals surface area (Å²) < 4.78 is 0.251. The van der Waals surface area contributed by atoms with Gasteiger partial charge in [0.15, 0.2) is 5.17 Å². The number of hydrogen-bond donors (Lipinski definition) is 3. The van der Waals surface area contributed by atoms with Crippen LogP contribution in [0.5, 0.6) is 0 Å². The molecule has 3 N–H and O–H groups in total. The molecule has 1 amide bonds. The molecule has 0 aromatic carbocycles. The van der Waals surface area contributed by atoms with E-state index in [1.807, 2.05) is 4.90 Å². The smallest absolute Gasteiger partial charge is 0.217 e. The van der Waals surface area contributed by atoms with Crippen molar-refractivity contribution in [2.45, 2.75) is 25.8 Å².